The van der Waals surface area contributed by atoms with Crippen LogP contribution in [-0.2, 0) is 14.8 Å². The smallest absolute Gasteiger partial charge is 0.242 e. The molecule has 1 aromatic rings. The van der Waals surface area contributed by atoms with Gasteiger partial charge in [-0.05, 0) is 56.6 Å². The molecule has 1 aromatic heterocycles. The minimum Gasteiger partial charge on any atom is -0.381 e. The van der Waals surface area contributed by atoms with E-state index in [-0.39, 0.29) is 4.90 Å². The van der Waals surface area contributed by atoms with E-state index in [0.29, 0.717) is 30.4 Å². The van der Waals surface area contributed by atoms with E-state index in [4.69, 9.17) is 4.74 Å². The van der Waals surface area contributed by atoms with Gasteiger partial charge in [0.25, 0.3) is 0 Å². The Kier molecular flexibility index (Phi) is 5.18. The summed E-state index contributed by atoms with van der Waals surface area (Å²) in [5.41, 5.74) is 0. The lowest BCUT2D eigenvalue weighted by atomic mass is 9.93. The van der Waals surface area contributed by atoms with Gasteiger partial charge >= 0.3 is 0 Å². The van der Waals surface area contributed by atoms with Crippen LogP contribution in [-0.4, -0.2) is 39.2 Å². The topological polar surface area (TPSA) is 80.3 Å². The Morgan fingerprint density at radius 1 is 1.26 bits per heavy atom. The van der Waals surface area contributed by atoms with Crippen molar-refractivity contribution < 1.29 is 13.2 Å². The van der Waals surface area contributed by atoms with Crippen LogP contribution in [0.15, 0.2) is 23.2 Å². The number of methoxy groups -OCH3 is 1. The maximum atomic E-state index is 12.2. The molecule has 128 valence electrons. The second kappa shape index (κ2) is 7.15. The number of sulfonamides is 1. The van der Waals surface area contributed by atoms with Crippen LogP contribution < -0.4 is 10.0 Å². The molecule has 2 saturated carbocycles. The third-order valence-electron chi connectivity index (χ3n) is 4.62. The van der Waals surface area contributed by atoms with Gasteiger partial charge in [0, 0.05) is 25.9 Å². The zero-order valence-electron chi connectivity index (χ0n) is 13.5. The van der Waals surface area contributed by atoms with Crippen LogP contribution in [0.5, 0.6) is 0 Å². The highest BCUT2D eigenvalue weighted by molar-refractivity contribution is 7.89. The van der Waals surface area contributed by atoms with Crippen molar-refractivity contribution in [2.75, 3.05) is 19.0 Å². The monoisotopic (exact) mass is 339 g/mol. The van der Waals surface area contributed by atoms with Crippen LogP contribution in [0.25, 0.3) is 0 Å². The van der Waals surface area contributed by atoms with Gasteiger partial charge in [-0.25, -0.2) is 18.1 Å². The molecule has 2 fully saturated rings. The van der Waals surface area contributed by atoms with Crippen molar-refractivity contribution in [3.63, 3.8) is 0 Å². The predicted octanol–water partition coefficient (Wildman–Crippen LogP) is 2.14. The van der Waals surface area contributed by atoms with E-state index in [2.05, 4.69) is 15.0 Å². The van der Waals surface area contributed by atoms with Crippen molar-refractivity contribution in [3.05, 3.63) is 18.3 Å². The van der Waals surface area contributed by atoms with Crippen molar-refractivity contribution in [2.24, 2.45) is 5.92 Å². The molecule has 7 heteroatoms. The third-order valence-corrected chi connectivity index (χ3v) is 6.03. The molecule has 3 rings (SSSR count). The second-order valence-electron chi connectivity index (χ2n) is 6.54. The normalized spacial score (nSPS) is 25.3. The zero-order valence-corrected chi connectivity index (χ0v) is 14.3. The molecule has 0 aromatic carbocycles. The van der Waals surface area contributed by atoms with Gasteiger partial charge in [0.15, 0.2) is 0 Å². The lowest BCUT2D eigenvalue weighted by molar-refractivity contribution is 0.0669. The first kappa shape index (κ1) is 16.7. The summed E-state index contributed by atoms with van der Waals surface area (Å²) in [6, 6.07) is 3.68. The molecular weight excluding hydrogens is 314 g/mol. The molecular formula is C16H25N3O3S. The van der Waals surface area contributed by atoms with Crippen LogP contribution in [0.4, 0.5) is 5.82 Å². The Morgan fingerprint density at radius 3 is 2.74 bits per heavy atom. The van der Waals surface area contributed by atoms with Crippen LogP contribution in [0.2, 0.25) is 0 Å². The van der Waals surface area contributed by atoms with Gasteiger partial charge in [-0.2, -0.15) is 0 Å². The maximum absolute atomic E-state index is 12.2. The molecule has 6 nitrogen and oxygen atoms in total. The molecule has 2 unspecified atom stereocenters. The quantitative estimate of drug-likeness (QED) is 0.795. The zero-order chi connectivity index (χ0) is 16.3. The highest BCUT2D eigenvalue weighted by Crippen LogP contribution is 2.28. The summed E-state index contributed by atoms with van der Waals surface area (Å²) >= 11 is 0. The maximum Gasteiger partial charge on any atom is 0.242 e. The number of anilines is 1. The SMILES string of the molecule is COC1CCCC(Nc2ccc(S(=O)(=O)NCC3CC3)cn2)C1. The Hall–Kier alpha value is -1.18. The van der Waals surface area contributed by atoms with E-state index >= 15 is 0 Å². The Morgan fingerprint density at radius 2 is 2.09 bits per heavy atom. The van der Waals surface area contributed by atoms with Crippen molar-refractivity contribution in [1.29, 1.82) is 0 Å². The van der Waals surface area contributed by atoms with Gasteiger partial charge < -0.3 is 10.1 Å². The van der Waals surface area contributed by atoms with Gasteiger partial charge in [0.2, 0.25) is 10.0 Å². The van der Waals surface area contributed by atoms with Gasteiger partial charge in [0.1, 0.15) is 10.7 Å². The fourth-order valence-corrected chi connectivity index (χ4v) is 4.02. The first-order chi connectivity index (χ1) is 11.1. The molecule has 2 aliphatic rings. The van der Waals surface area contributed by atoms with Gasteiger partial charge in [-0.15, -0.1) is 0 Å². The van der Waals surface area contributed by atoms with Crippen molar-refractivity contribution >= 4 is 15.8 Å². The third kappa shape index (κ3) is 4.65. The van der Waals surface area contributed by atoms with Crippen LogP contribution >= 0.6 is 0 Å². The van der Waals surface area contributed by atoms with Gasteiger partial charge in [0.05, 0.1) is 6.10 Å². The van der Waals surface area contributed by atoms with E-state index in [1.807, 2.05) is 0 Å². The molecule has 2 N–H and O–H groups in total. The predicted molar refractivity (Wildman–Crippen MR) is 88.8 cm³/mol. The van der Waals surface area contributed by atoms with Crippen LogP contribution in [0, 0.1) is 5.92 Å². The molecule has 0 bridgehead atoms. The Labute approximate surface area is 138 Å². The van der Waals surface area contributed by atoms with E-state index in [9.17, 15) is 8.42 Å². The molecule has 2 aliphatic carbocycles. The fraction of sp³-hybridized carbons (Fsp3) is 0.688. The van der Waals surface area contributed by atoms with Crippen LogP contribution in [0.1, 0.15) is 38.5 Å². The summed E-state index contributed by atoms with van der Waals surface area (Å²) in [5.74, 6) is 1.23. The average molecular weight is 339 g/mol. The van der Waals surface area contributed by atoms with Gasteiger partial charge in [-0.1, -0.05) is 0 Å². The molecule has 0 saturated heterocycles. The van der Waals surface area contributed by atoms with E-state index in [1.54, 1.807) is 19.2 Å². The number of ether oxygens (including phenoxy) is 1. The fourth-order valence-electron chi connectivity index (χ4n) is 2.96. The number of hydrogen-bond donors (Lipinski definition) is 2. The number of pyridine rings is 1. The lowest BCUT2D eigenvalue weighted by Crippen LogP contribution is -2.31. The number of nitrogens with one attached hydrogen (secondary N) is 2. The summed E-state index contributed by atoms with van der Waals surface area (Å²) in [7, 11) is -1.69. The number of rotatable bonds is 7. The number of nitrogens with zero attached hydrogens (tertiary/aromatic N) is 1. The van der Waals surface area contributed by atoms with Crippen molar-refractivity contribution in [2.45, 2.75) is 55.6 Å². The van der Waals surface area contributed by atoms with Crippen LogP contribution in [0.3, 0.4) is 0 Å². The molecule has 1 heterocycles. The largest absolute Gasteiger partial charge is 0.381 e. The minimum absolute atomic E-state index is 0.224. The first-order valence-electron chi connectivity index (χ1n) is 8.32. The summed E-state index contributed by atoms with van der Waals surface area (Å²) in [6.45, 7) is 0.531. The lowest BCUT2D eigenvalue weighted by Gasteiger charge is -2.29. The summed E-state index contributed by atoms with van der Waals surface area (Å²) in [6.07, 6.45) is 8.24. The highest BCUT2D eigenvalue weighted by Gasteiger charge is 2.25. The summed E-state index contributed by atoms with van der Waals surface area (Å²) < 4.78 is 32.4. The summed E-state index contributed by atoms with van der Waals surface area (Å²) in [5, 5.41) is 3.38. The molecule has 2 atom stereocenters. The first-order valence-corrected chi connectivity index (χ1v) is 9.80. The Bertz CT molecular complexity index is 614. The molecule has 0 radical (unpaired) electrons. The van der Waals surface area contributed by atoms with Crippen molar-refractivity contribution in [1.82, 2.24) is 9.71 Å². The van der Waals surface area contributed by atoms with Gasteiger partial charge in [-0.3, -0.25) is 0 Å². The van der Waals surface area contributed by atoms with E-state index in [0.717, 1.165) is 38.5 Å². The molecule has 0 amide bonds. The molecule has 0 aliphatic heterocycles. The van der Waals surface area contributed by atoms with Crippen molar-refractivity contribution in [3.8, 4) is 0 Å². The average Bonchev–Trinajstić information content (AvgIpc) is 3.38. The highest BCUT2D eigenvalue weighted by atomic mass is 32.2. The van der Waals surface area contributed by atoms with E-state index < -0.39 is 10.0 Å². The molecule has 0 spiro atoms. The molecule has 23 heavy (non-hydrogen) atoms. The second-order valence-corrected chi connectivity index (χ2v) is 8.31. The number of hydrogen-bond acceptors (Lipinski definition) is 5. The van der Waals surface area contributed by atoms with E-state index in [1.165, 1.54) is 6.20 Å². The standard InChI is InChI=1S/C16H25N3O3S/c1-22-14-4-2-3-13(9-14)19-16-8-7-15(11-17-16)23(20,21)18-10-12-5-6-12/h7-8,11-14,18H,2-6,9-10H2,1H3,(H,17,19). The summed E-state index contributed by atoms with van der Waals surface area (Å²) in [4.78, 5) is 4.49. The Balaban J connectivity index is 1.57. The number of aromatic nitrogens is 1. The minimum atomic E-state index is -3.44.